The minimum atomic E-state index is -0.585. The van der Waals surface area contributed by atoms with Crippen LogP contribution in [0.15, 0.2) is 0 Å². The number of ether oxygens (including phenoxy) is 9. The molecular formula is C55H95NO18. The average Bonchev–Trinajstić information content (AvgIpc) is 3.37. The van der Waals surface area contributed by atoms with E-state index in [9.17, 15) is 43.2 Å². The van der Waals surface area contributed by atoms with Gasteiger partial charge in [-0.25, -0.2) is 4.79 Å². The minimum Gasteiger partial charge on any atom is -0.466 e. The van der Waals surface area contributed by atoms with Gasteiger partial charge in [0.05, 0.1) is 64.8 Å². The van der Waals surface area contributed by atoms with Gasteiger partial charge in [-0.15, -0.1) is 0 Å². The number of esters is 8. The zero-order valence-corrected chi connectivity index (χ0v) is 45.8. The molecule has 0 spiro atoms. The van der Waals surface area contributed by atoms with Gasteiger partial charge in [-0.1, -0.05) is 20.3 Å². The number of rotatable bonds is 50. The summed E-state index contributed by atoms with van der Waals surface area (Å²) in [6, 6.07) is 0. The lowest BCUT2D eigenvalue weighted by molar-refractivity contribution is -0.154. The second kappa shape index (κ2) is 48.9. The fourth-order valence-electron chi connectivity index (χ4n) is 6.64. The Bertz CT molecular complexity index is 1530. The molecule has 0 aromatic carbocycles. The van der Waals surface area contributed by atoms with E-state index in [1.165, 1.54) is 0 Å². The van der Waals surface area contributed by atoms with Crippen LogP contribution >= 0.6 is 0 Å². The van der Waals surface area contributed by atoms with Crippen LogP contribution in [0, 0.1) is 5.41 Å². The van der Waals surface area contributed by atoms with Crippen molar-refractivity contribution < 1.29 is 85.8 Å². The lowest BCUT2D eigenvalue weighted by atomic mass is 9.91. The lowest BCUT2D eigenvalue weighted by Gasteiger charge is -2.20. The van der Waals surface area contributed by atoms with Crippen molar-refractivity contribution in [1.29, 1.82) is 0 Å². The SMILES string of the molecule is CCCCOC(=O)CCCCCOC(=O)CCCCCOC(=O)CCCCCOC(=O)CCCCCOC(=O)CCCCCOC(=O)CCCCCOC(=O)CCCCCOC(=O)NCCOC(=O)C(C)(C)CC. The summed E-state index contributed by atoms with van der Waals surface area (Å²) < 4.78 is 47.0. The number of nitrogens with one attached hydrogen (secondary N) is 1. The van der Waals surface area contributed by atoms with Gasteiger partial charge in [0.15, 0.2) is 0 Å². The van der Waals surface area contributed by atoms with Crippen LogP contribution in [0.25, 0.3) is 0 Å². The van der Waals surface area contributed by atoms with Crippen molar-refractivity contribution in [3.8, 4) is 0 Å². The fourth-order valence-corrected chi connectivity index (χ4v) is 6.64. The predicted octanol–water partition coefficient (Wildman–Crippen LogP) is 10.2. The minimum absolute atomic E-state index is 0.0737. The number of unbranched alkanes of at least 4 members (excludes halogenated alkanes) is 15. The standard InChI is InChI=1S/C55H95NO18/c1-5-7-37-66-46(57)29-15-8-22-38-67-47(58)30-16-9-23-39-68-48(59)31-17-10-24-40-69-49(60)32-18-11-25-41-70-50(61)33-19-12-26-42-71-51(62)34-20-13-27-43-72-52(63)35-21-14-28-44-74-54(65)56-36-45-73-53(64)55(3,4)6-2/h5-45H2,1-4H3,(H,56,65). The molecule has 0 atom stereocenters. The molecule has 1 N–H and O–H groups in total. The van der Waals surface area contributed by atoms with E-state index in [0.29, 0.717) is 155 Å². The van der Waals surface area contributed by atoms with Gasteiger partial charge in [-0.2, -0.15) is 0 Å². The summed E-state index contributed by atoms with van der Waals surface area (Å²) in [5.74, 6) is -2.10. The third-order valence-corrected chi connectivity index (χ3v) is 11.8. The summed E-state index contributed by atoms with van der Waals surface area (Å²) in [5.41, 5.74) is -0.560. The van der Waals surface area contributed by atoms with E-state index in [0.717, 1.165) is 57.8 Å². The van der Waals surface area contributed by atoms with Gasteiger partial charge in [0, 0.05) is 44.9 Å². The van der Waals surface area contributed by atoms with Crippen LogP contribution in [0.5, 0.6) is 0 Å². The van der Waals surface area contributed by atoms with Gasteiger partial charge in [0.1, 0.15) is 6.61 Å². The largest absolute Gasteiger partial charge is 0.466 e. The van der Waals surface area contributed by atoms with Crippen LogP contribution in [0.1, 0.15) is 227 Å². The van der Waals surface area contributed by atoms with E-state index >= 15 is 0 Å². The second-order valence-electron chi connectivity index (χ2n) is 19.0. The Hall–Kier alpha value is -4.97. The number of amides is 1. The molecule has 0 fully saturated rings. The molecule has 0 saturated carbocycles. The van der Waals surface area contributed by atoms with E-state index < -0.39 is 11.5 Å². The van der Waals surface area contributed by atoms with Crippen LogP contribution in [-0.4, -0.2) is 120 Å². The number of alkyl carbamates (subject to hydrolysis) is 1. The lowest BCUT2D eigenvalue weighted by Crippen LogP contribution is -2.32. The Labute approximate surface area is 441 Å². The van der Waals surface area contributed by atoms with Crippen LogP contribution in [0.2, 0.25) is 0 Å². The number of hydrogen-bond acceptors (Lipinski definition) is 18. The molecule has 0 aromatic heterocycles. The molecule has 0 aliphatic carbocycles. The Morgan fingerprint density at radius 3 is 0.784 bits per heavy atom. The predicted molar refractivity (Wildman–Crippen MR) is 275 cm³/mol. The zero-order valence-electron chi connectivity index (χ0n) is 45.8. The topological polar surface area (TPSA) is 249 Å². The monoisotopic (exact) mass is 1060 g/mol. The molecule has 0 rings (SSSR count). The Kier molecular flexibility index (Phi) is 45.7. The van der Waals surface area contributed by atoms with Gasteiger partial charge in [-0.3, -0.25) is 38.4 Å². The Balaban J connectivity index is 3.52. The molecule has 0 bridgehead atoms. The summed E-state index contributed by atoms with van der Waals surface area (Å²) in [7, 11) is 0. The fraction of sp³-hybridized carbons (Fsp3) is 0.836. The molecule has 0 saturated heterocycles. The molecule has 74 heavy (non-hydrogen) atoms. The maximum Gasteiger partial charge on any atom is 0.407 e. The van der Waals surface area contributed by atoms with Crippen LogP contribution in [0.4, 0.5) is 4.79 Å². The quantitative estimate of drug-likeness (QED) is 0.0338. The van der Waals surface area contributed by atoms with Gasteiger partial charge >= 0.3 is 53.8 Å². The van der Waals surface area contributed by atoms with Crippen molar-refractivity contribution in [2.24, 2.45) is 5.41 Å². The molecule has 19 heteroatoms. The summed E-state index contributed by atoms with van der Waals surface area (Å²) >= 11 is 0. The molecule has 0 aliphatic rings. The zero-order chi connectivity index (χ0) is 54.8. The van der Waals surface area contributed by atoms with Crippen LogP contribution < -0.4 is 5.32 Å². The van der Waals surface area contributed by atoms with Crippen molar-refractivity contribution in [2.45, 2.75) is 227 Å². The molecule has 19 nitrogen and oxygen atoms in total. The van der Waals surface area contributed by atoms with Crippen molar-refractivity contribution in [3.05, 3.63) is 0 Å². The molecule has 0 radical (unpaired) electrons. The number of carbonyl (C=O) groups is 9. The van der Waals surface area contributed by atoms with E-state index in [2.05, 4.69) is 5.32 Å². The highest BCUT2D eigenvalue weighted by atomic mass is 16.6. The Morgan fingerprint density at radius 2 is 0.541 bits per heavy atom. The first-order chi connectivity index (χ1) is 35.7. The van der Waals surface area contributed by atoms with Gasteiger partial charge in [0.2, 0.25) is 0 Å². The van der Waals surface area contributed by atoms with Gasteiger partial charge in [-0.05, 0) is 162 Å². The molecule has 428 valence electrons. The first kappa shape index (κ1) is 69.0. The molecule has 0 unspecified atom stereocenters. The van der Waals surface area contributed by atoms with Crippen LogP contribution in [0.3, 0.4) is 0 Å². The smallest absolute Gasteiger partial charge is 0.407 e. The van der Waals surface area contributed by atoms with Gasteiger partial charge < -0.3 is 47.9 Å². The average molecular weight is 1060 g/mol. The van der Waals surface area contributed by atoms with Crippen molar-refractivity contribution in [3.63, 3.8) is 0 Å². The Morgan fingerprint density at radius 1 is 0.297 bits per heavy atom. The third kappa shape index (κ3) is 46.8. The maximum atomic E-state index is 12.0. The molecule has 1 amide bonds. The maximum absolute atomic E-state index is 12.0. The number of carbonyl (C=O) groups excluding carboxylic acids is 9. The van der Waals surface area contributed by atoms with Crippen molar-refractivity contribution >= 4 is 53.8 Å². The van der Waals surface area contributed by atoms with Crippen molar-refractivity contribution in [1.82, 2.24) is 5.32 Å². The molecule has 0 heterocycles. The van der Waals surface area contributed by atoms with Crippen molar-refractivity contribution in [2.75, 3.05) is 66.0 Å². The summed E-state index contributed by atoms with van der Waals surface area (Å²) in [5, 5.41) is 2.53. The molecule has 0 aliphatic heterocycles. The van der Waals surface area contributed by atoms with E-state index in [-0.39, 0.29) is 100.0 Å². The first-order valence-electron chi connectivity index (χ1n) is 27.9. The normalized spacial score (nSPS) is 11.0. The highest BCUT2D eigenvalue weighted by Crippen LogP contribution is 2.21. The van der Waals surface area contributed by atoms with E-state index in [1.54, 1.807) is 13.8 Å². The summed E-state index contributed by atoms with van der Waals surface area (Å²) in [4.78, 5) is 107. The second-order valence-corrected chi connectivity index (χ2v) is 19.0. The number of hydrogen-bond donors (Lipinski definition) is 1. The highest BCUT2D eigenvalue weighted by molar-refractivity contribution is 5.76. The van der Waals surface area contributed by atoms with Crippen LogP contribution in [-0.2, 0) is 81.0 Å². The highest BCUT2D eigenvalue weighted by Gasteiger charge is 2.27. The summed E-state index contributed by atoms with van der Waals surface area (Å²) in [6.07, 6.45) is 18.4. The molecule has 0 aromatic rings. The van der Waals surface area contributed by atoms with E-state index in [1.807, 2.05) is 13.8 Å². The first-order valence-corrected chi connectivity index (χ1v) is 27.9. The third-order valence-electron chi connectivity index (χ3n) is 11.8. The van der Waals surface area contributed by atoms with Gasteiger partial charge in [0.25, 0.3) is 0 Å². The molecular weight excluding hydrogens is 963 g/mol. The summed E-state index contributed by atoms with van der Waals surface area (Å²) in [6.45, 7) is 10.3. The van der Waals surface area contributed by atoms with E-state index in [4.69, 9.17) is 42.6 Å².